The van der Waals surface area contributed by atoms with Crippen LogP contribution in [0.5, 0.6) is 0 Å². The predicted octanol–water partition coefficient (Wildman–Crippen LogP) is 3.04. The van der Waals surface area contributed by atoms with Crippen LogP contribution >= 0.6 is 11.3 Å². The summed E-state index contributed by atoms with van der Waals surface area (Å²) in [4.78, 5) is 14.8. The van der Waals surface area contributed by atoms with Gasteiger partial charge in [0.1, 0.15) is 5.69 Å². The fraction of sp³-hybridized carbons (Fsp3) is 0.353. The van der Waals surface area contributed by atoms with Crippen molar-refractivity contribution < 1.29 is 4.92 Å². The molecule has 8 heteroatoms. The molecule has 1 aromatic heterocycles. The van der Waals surface area contributed by atoms with Gasteiger partial charge in [0.25, 0.3) is 5.69 Å². The number of hydrogen-bond acceptors (Lipinski definition) is 5. The maximum atomic E-state index is 11.0. The average Bonchev–Trinajstić information content (AvgIpc) is 3.16. The summed E-state index contributed by atoms with van der Waals surface area (Å²) < 4.78 is 0. The van der Waals surface area contributed by atoms with Crippen LogP contribution in [0.1, 0.15) is 18.4 Å². The number of para-hydroxylation sites is 2. The van der Waals surface area contributed by atoms with Crippen molar-refractivity contribution in [2.45, 2.75) is 12.8 Å². The molecule has 0 amide bonds. The lowest BCUT2D eigenvalue weighted by atomic mass is 10.1. The SMILES string of the molecule is CN=C(NCCNc1ccccc1[N+](=O)[O-])NCC(C)c1ccsc1. The van der Waals surface area contributed by atoms with E-state index in [1.54, 1.807) is 36.6 Å². The fourth-order valence-corrected chi connectivity index (χ4v) is 3.09. The molecule has 1 atom stereocenters. The zero-order valence-electron chi connectivity index (χ0n) is 14.4. The molecule has 0 aliphatic heterocycles. The van der Waals surface area contributed by atoms with Crippen LogP contribution in [0.2, 0.25) is 0 Å². The highest BCUT2D eigenvalue weighted by molar-refractivity contribution is 7.07. The van der Waals surface area contributed by atoms with Gasteiger partial charge >= 0.3 is 0 Å². The molecule has 0 bridgehead atoms. The molecule has 134 valence electrons. The number of benzene rings is 1. The van der Waals surface area contributed by atoms with E-state index in [9.17, 15) is 10.1 Å². The van der Waals surface area contributed by atoms with Gasteiger partial charge in [0.2, 0.25) is 0 Å². The van der Waals surface area contributed by atoms with Gasteiger partial charge in [-0.25, -0.2) is 0 Å². The van der Waals surface area contributed by atoms with Crippen molar-refractivity contribution in [2.24, 2.45) is 4.99 Å². The summed E-state index contributed by atoms with van der Waals surface area (Å²) in [5.41, 5.74) is 1.91. The van der Waals surface area contributed by atoms with E-state index in [-0.39, 0.29) is 10.6 Å². The lowest BCUT2D eigenvalue weighted by Gasteiger charge is -2.15. The van der Waals surface area contributed by atoms with E-state index in [1.165, 1.54) is 11.6 Å². The normalized spacial score (nSPS) is 12.5. The second kappa shape index (κ2) is 9.63. The highest BCUT2D eigenvalue weighted by Crippen LogP contribution is 2.22. The highest BCUT2D eigenvalue weighted by atomic mass is 32.1. The van der Waals surface area contributed by atoms with Crippen molar-refractivity contribution >= 4 is 28.7 Å². The van der Waals surface area contributed by atoms with Gasteiger partial charge in [0, 0.05) is 32.7 Å². The van der Waals surface area contributed by atoms with Crippen LogP contribution < -0.4 is 16.0 Å². The van der Waals surface area contributed by atoms with Gasteiger partial charge in [-0.15, -0.1) is 0 Å². The molecule has 25 heavy (non-hydrogen) atoms. The maximum absolute atomic E-state index is 11.0. The molecule has 0 aliphatic rings. The lowest BCUT2D eigenvalue weighted by Crippen LogP contribution is -2.40. The molecule has 0 spiro atoms. The molecule has 1 aromatic carbocycles. The third-order valence-electron chi connectivity index (χ3n) is 3.75. The van der Waals surface area contributed by atoms with Crippen molar-refractivity contribution in [3.8, 4) is 0 Å². The Hall–Kier alpha value is -2.61. The van der Waals surface area contributed by atoms with E-state index in [2.05, 4.69) is 44.7 Å². The molecule has 0 fully saturated rings. The van der Waals surface area contributed by atoms with Gasteiger partial charge in [-0.1, -0.05) is 19.1 Å². The Morgan fingerprint density at radius 3 is 2.76 bits per heavy atom. The number of nitro benzene ring substituents is 1. The quantitative estimate of drug-likeness (QED) is 0.221. The Kier molecular flexibility index (Phi) is 7.21. The molecule has 1 unspecified atom stereocenters. The Morgan fingerprint density at radius 2 is 2.08 bits per heavy atom. The van der Waals surface area contributed by atoms with Crippen LogP contribution in [0.4, 0.5) is 11.4 Å². The van der Waals surface area contributed by atoms with Gasteiger partial charge < -0.3 is 16.0 Å². The fourth-order valence-electron chi connectivity index (χ4n) is 2.30. The number of nitro groups is 1. The first-order valence-electron chi connectivity index (χ1n) is 8.05. The first kappa shape index (κ1) is 18.7. The van der Waals surface area contributed by atoms with Gasteiger partial charge in [-0.2, -0.15) is 11.3 Å². The number of guanidine groups is 1. The Labute approximate surface area is 151 Å². The molecule has 0 aliphatic carbocycles. The standard InChI is InChI=1S/C17H23N5O2S/c1-13(14-7-10-25-12-14)11-21-17(18-2)20-9-8-19-15-5-3-4-6-16(15)22(23)24/h3-7,10,12-13,19H,8-9,11H2,1-2H3,(H2,18,20,21). The van der Waals surface area contributed by atoms with E-state index < -0.39 is 0 Å². The summed E-state index contributed by atoms with van der Waals surface area (Å²) in [6, 6.07) is 8.75. The van der Waals surface area contributed by atoms with E-state index >= 15 is 0 Å². The Morgan fingerprint density at radius 1 is 1.28 bits per heavy atom. The van der Waals surface area contributed by atoms with Crippen LogP contribution in [0, 0.1) is 10.1 Å². The number of hydrogen-bond donors (Lipinski definition) is 3. The van der Waals surface area contributed by atoms with Gasteiger partial charge in [0.05, 0.1) is 4.92 Å². The van der Waals surface area contributed by atoms with Crippen LogP contribution in [0.25, 0.3) is 0 Å². The number of rotatable bonds is 8. The smallest absolute Gasteiger partial charge is 0.292 e. The van der Waals surface area contributed by atoms with Crippen molar-refractivity contribution in [3.63, 3.8) is 0 Å². The van der Waals surface area contributed by atoms with Crippen LogP contribution in [-0.2, 0) is 0 Å². The van der Waals surface area contributed by atoms with Gasteiger partial charge in [-0.05, 0) is 34.4 Å². The number of nitrogens with zero attached hydrogens (tertiary/aromatic N) is 2. The molecule has 0 radical (unpaired) electrons. The summed E-state index contributed by atoms with van der Waals surface area (Å²) >= 11 is 1.70. The van der Waals surface area contributed by atoms with E-state index in [1.807, 2.05) is 0 Å². The summed E-state index contributed by atoms with van der Waals surface area (Å²) in [5, 5.41) is 24.8. The van der Waals surface area contributed by atoms with Crippen molar-refractivity contribution in [2.75, 3.05) is 32.0 Å². The zero-order valence-corrected chi connectivity index (χ0v) is 15.2. The van der Waals surface area contributed by atoms with Gasteiger partial charge in [0.15, 0.2) is 5.96 Å². The zero-order chi connectivity index (χ0) is 18.1. The number of nitrogens with one attached hydrogen (secondary N) is 3. The monoisotopic (exact) mass is 361 g/mol. The van der Waals surface area contributed by atoms with E-state index in [0.717, 1.165) is 6.54 Å². The minimum absolute atomic E-state index is 0.0783. The second-order valence-corrected chi connectivity index (χ2v) is 6.32. The predicted molar refractivity (Wildman–Crippen MR) is 104 cm³/mol. The third kappa shape index (κ3) is 5.75. The maximum Gasteiger partial charge on any atom is 0.292 e. The lowest BCUT2D eigenvalue weighted by molar-refractivity contribution is -0.384. The van der Waals surface area contributed by atoms with Crippen molar-refractivity contribution in [1.29, 1.82) is 0 Å². The molecular formula is C17H23N5O2S. The van der Waals surface area contributed by atoms with Crippen LogP contribution in [0.15, 0.2) is 46.1 Å². The van der Waals surface area contributed by atoms with E-state index in [4.69, 9.17) is 0 Å². The Bertz CT molecular complexity index is 703. The summed E-state index contributed by atoms with van der Waals surface area (Å²) in [5.74, 6) is 1.11. The molecule has 0 saturated heterocycles. The average molecular weight is 361 g/mol. The molecular weight excluding hydrogens is 338 g/mol. The largest absolute Gasteiger partial charge is 0.378 e. The molecule has 2 aromatic rings. The second-order valence-electron chi connectivity index (χ2n) is 5.54. The molecule has 0 saturated carbocycles. The molecule has 1 heterocycles. The Balaban J connectivity index is 1.74. The third-order valence-corrected chi connectivity index (χ3v) is 4.45. The molecule has 3 N–H and O–H groups in total. The first-order valence-corrected chi connectivity index (χ1v) is 9.00. The summed E-state index contributed by atoms with van der Waals surface area (Å²) in [7, 11) is 1.72. The molecule has 7 nitrogen and oxygen atoms in total. The topological polar surface area (TPSA) is 91.6 Å². The first-order chi connectivity index (χ1) is 12.1. The number of aliphatic imine (C=N–C) groups is 1. The highest BCUT2D eigenvalue weighted by Gasteiger charge is 2.11. The summed E-state index contributed by atoms with van der Waals surface area (Å²) in [6.45, 7) is 4.09. The van der Waals surface area contributed by atoms with Crippen LogP contribution in [0.3, 0.4) is 0 Å². The molecule has 2 rings (SSSR count). The van der Waals surface area contributed by atoms with E-state index in [0.29, 0.717) is 30.7 Å². The number of thiophene rings is 1. The number of anilines is 1. The minimum atomic E-state index is -0.387. The minimum Gasteiger partial charge on any atom is -0.378 e. The van der Waals surface area contributed by atoms with Crippen LogP contribution in [-0.4, -0.2) is 37.6 Å². The van der Waals surface area contributed by atoms with Gasteiger partial charge in [-0.3, -0.25) is 15.1 Å². The summed E-state index contributed by atoms with van der Waals surface area (Å²) in [6.07, 6.45) is 0. The van der Waals surface area contributed by atoms with Crippen molar-refractivity contribution in [3.05, 3.63) is 56.8 Å². The van der Waals surface area contributed by atoms with Crippen molar-refractivity contribution in [1.82, 2.24) is 10.6 Å².